The normalized spacial score (nSPS) is 43.9. The van der Waals surface area contributed by atoms with Gasteiger partial charge in [0, 0.05) is 21.3 Å². The molecule has 0 aliphatic heterocycles. The molecule has 0 saturated heterocycles. The molecule has 0 aromatic heterocycles. The van der Waals surface area contributed by atoms with Gasteiger partial charge in [-0.15, -0.1) is 0 Å². The molecule has 0 radical (unpaired) electrons. The summed E-state index contributed by atoms with van der Waals surface area (Å²) in [5.74, 6) is 0.177. The fraction of sp³-hybridized carbons (Fsp3) is 1.00. The van der Waals surface area contributed by atoms with Crippen LogP contribution in [0.4, 0.5) is 0 Å². The van der Waals surface area contributed by atoms with E-state index >= 15 is 0 Å². The fourth-order valence-electron chi connectivity index (χ4n) is 2.16. The van der Waals surface area contributed by atoms with Crippen LogP contribution in [0.25, 0.3) is 0 Å². The molecule has 1 saturated carbocycles. The van der Waals surface area contributed by atoms with E-state index in [0.29, 0.717) is 0 Å². The molecule has 1 N–H and O–H groups in total. The Morgan fingerprint density at radius 2 is 1.57 bits per heavy atom. The lowest BCUT2D eigenvalue weighted by molar-refractivity contribution is -0.183. The van der Waals surface area contributed by atoms with Crippen molar-refractivity contribution in [3.8, 4) is 0 Å². The van der Waals surface area contributed by atoms with Gasteiger partial charge < -0.3 is 19.3 Å². The minimum Gasteiger partial charge on any atom is -0.390 e. The second-order valence-electron chi connectivity index (χ2n) is 3.88. The standard InChI is InChI=1S/C10H20O4/c1-6-5-7(12-2)9(13-3)10(14-4)8(6)11/h6-11H,5H2,1-4H3. The van der Waals surface area contributed by atoms with Crippen LogP contribution in [0.15, 0.2) is 0 Å². The van der Waals surface area contributed by atoms with Crippen LogP contribution < -0.4 is 0 Å². The third-order valence-corrected chi connectivity index (χ3v) is 3.06. The van der Waals surface area contributed by atoms with Crippen LogP contribution in [0.5, 0.6) is 0 Å². The second kappa shape index (κ2) is 5.07. The van der Waals surface area contributed by atoms with Crippen molar-refractivity contribution >= 4 is 0 Å². The Hall–Kier alpha value is -0.160. The SMILES string of the molecule is COC1CC(C)C(O)C(OC)C1OC. The molecule has 1 aliphatic rings. The highest BCUT2D eigenvalue weighted by Gasteiger charge is 2.43. The summed E-state index contributed by atoms with van der Waals surface area (Å²) in [6.45, 7) is 1.99. The van der Waals surface area contributed by atoms with Gasteiger partial charge in [-0.2, -0.15) is 0 Å². The van der Waals surface area contributed by atoms with Gasteiger partial charge in [-0.05, 0) is 12.3 Å². The van der Waals surface area contributed by atoms with Crippen LogP contribution >= 0.6 is 0 Å². The Balaban J connectivity index is 2.75. The number of hydrogen-bond donors (Lipinski definition) is 1. The summed E-state index contributed by atoms with van der Waals surface area (Å²) in [6, 6.07) is 0. The lowest BCUT2D eigenvalue weighted by Crippen LogP contribution is -2.55. The van der Waals surface area contributed by atoms with Gasteiger partial charge in [-0.1, -0.05) is 6.92 Å². The Morgan fingerprint density at radius 1 is 1.00 bits per heavy atom. The monoisotopic (exact) mass is 204 g/mol. The first-order valence-corrected chi connectivity index (χ1v) is 4.92. The zero-order chi connectivity index (χ0) is 10.7. The van der Waals surface area contributed by atoms with Crippen molar-refractivity contribution in [2.45, 2.75) is 37.8 Å². The zero-order valence-corrected chi connectivity index (χ0v) is 9.27. The molecule has 5 atom stereocenters. The maximum atomic E-state index is 9.89. The molecule has 0 heterocycles. The second-order valence-corrected chi connectivity index (χ2v) is 3.88. The highest BCUT2D eigenvalue weighted by Crippen LogP contribution is 2.30. The molecule has 0 aromatic rings. The Bertz CT molecular complexity index is 170. The molecule has 1 fully saturated rings. The zero-order valence-electron chi connectivity index (χ0n) is 9.27. The van der Waals surface area contributed by atoms with Crippen molar-refractivity contribution in [1.29, 1.82) is 0 Å². The summed E-state index contributed by atoms with van der Waals surface area (Å²) < 4.78 is 15.9. The summed E-state index contributed by atoms with van der Waals surface area (Å²) in [4.78, 5) is 0. The maximum Gasteiger partial charge on any atom is 0.112 e. The van der Waals surface area contributed by atoms with Crippen LogP contribution in [-0.2, 0) is 14.2 Å². The first-order chi connectivity index (χ1) is 6.65. The smallest absolute Gasteiger partial charge is 0.112 e. The van der Waals surface area contributed by atoms with Crippen LogP contribution in [0, 0.1) is 5.92 Å². The van der Waals surface area contributed by atoms with Crippen molar-refractivity contribution in [3.05, 3.63) is 0 Å². The number of methoxy groups -OCH3 is 3. The Labute approximate surface area is 85.2 Å². The Morgan fingerprint density at radius 3 is 2.00 bits per heavy atom. The van der Waals surface area contributed by atoms with Crippen molar-refractivity contribution in [3.63, 3.8) is 0 Å². The van der Waals surface area contributed by atoms with Gasteiger partial charge in [-0.3, -0.25) is 0 Å². The van der Waals surface area contributed by atoms with Crippen LogP contribution in [-0.4, -0.2) is 50.9 Å². The van der Waals surface area contributed by atoms with Gasteiger partial charge in [0.2, 0.25) is 0 Å². The van der Waals surface area contributed by atoms with E-state index in [1.165, 1.54) is 0 Å². The first kappa shape index (κ1) is 11.9. The molecule has 4 heteroatoms. The summed E-state index contributed by atoms with van der Waals surface area (Å²) in [7, 11) is 4.86. The molecule has 5 unspecified atom stereocenters. The van der Waals surface area contributed by atoms with Gasteiger partial charge >= 0.3 is 0 Å². The van der Waals surface area contributed by atoms with E-state index in [-0.39, 0.29) is 24.2 Å². The minimum atomic E-state index is -0.476. The third kappa shape index (κ3) is 2.08. The molecule has 1 aliphatic carbocycles. The molecule has 1 rings (SSSR count). The van der Waals surface area contributed by atoms with Gasteiger partial charge in [0.05, 0.1) is 12.2 Å². The fourth-order valence-corrected chi connectivity index (χ4v) is 2.16. The molecule has 14 heavy (non-hydrogen) atoms. The van der Waals surface area contributed by atoms with Crippen molar-refractivity contribution < 1.29 is 19.3 Å². The van der Waals surface area contributed by atoms with Gasteiger partial charge in [0.15, 0.2) is 0 Å². The third-order valence-electron chi connectivity index (χ3n) is 3.06. The van der Waals surface area contributed by atoms with Crippen molar-refractivity contribution in [1.82, 2.24) is 0 Å². The van der Waals surface area contributed by atoms with Crippen LogP contribution in [0.1, 0.15) is 13.3 Å². The number of hydrogen-bond acceptors (Lipinski definition) is 4. The topological polar surface area (TPSA) is 47.9 Å². The molecule has 84 valence electrons. The Kier molecular flexibility index (Phi) is 4.31. The van der Waals surface area contributed by atoms with E-state index < -0.39 is 6.10 Å². The average Bonchev–Trinajstić information content (AvgIpc) is 2.20. The van der Waals surface area contributed by atoms with Gasteiger partial charge in [0.25, 0.3) is 0 Å². The molecular formula is C10H20O4. The lowest BCUT2D eigenvalue weighted by atomic mass is 9.81. The van der Waals surface area contributed by atoms with Gasteiger partial charge in [-0.25, -0.2) is 0 Å². The van der Waals surface area contributed by atoms with E-state index in [1.54, 1.807) is 21.3 Å². The summed E-state index contributed by atoms with van der Waals surface area (Å²) >= 11 is 0. The lowest BCUT2D eigenvalue weighted by Gasteiger charge is -2.41. The van der Waals surface area contributed by atoms with Crippen molar-refractivity contribution in [2.24, 2.45) is 5.92 Å². The highest BCUT2D eigenvalue weighted by atomic mass is 16.6. The largest absolute Gasteiger partial charge is 0.390 e. The van der Waals surface area contributed by atoms with E-state index in [4.69, 9.17) is 14.2 Å². The molecular weight excluding hydrogens is 184 g/mol. The summed E-state index contributed by atoms with van der Waals surface area (Å²) in [5, 5.41) is 9.89. The predicted molar refractivity (Wildman–Crippen MR) is 52.2 cm³/mol. The summed E-state index contributed by atoms with van der Waals surface area (Å²) in [5.41, 5.74) is 0. The van der Waals surface area contributed by atoms with Crippen LogP contribution in [0.2, 0.25) is 0 Å². The molecule has 0 amide bonds. The number of ether oxygens (including phenoxy) is 3. The van der Waals surface area contributed by atoms with Crippen molar-refractivity contribution in [2.75, 3.05) is 21.3 Å². The highest BCUT2D eigenvalue weighted by molar-refractivity contribution is 4.93. The predicted octanol–water partition coefficient (Wildman–Crippen LogP) is 0.432. The van der Waals surface area contributed by atoms with E-state index in [1.807, 2.05) is 6.92 Å². The van der Waals surface area contributed by atoms with E-state index in [9.17, 15) is 5.11 Å². The summed E-state index contributed by atoms with van der Waals surface area (Å²) in [6.07, 6.45) is -0.152. The molecule has 0 spiro atoms. The molecule has 4 nitrogen and oxygen atoms in total. The number of aliphatic hydroxyl groups excluding tert-OH is 1. The first-order valence-electron chi connectivity index (χ1n) is 4.92. The minimum absolute atomic E-state index is 0.00310. The number of aliphatic hydroxyl groups is 1. The maximum absolute atomic E-state index is 9.89. The van der Waals surface area contributed by atoms with Gasteiger partial charge in [0.1, 0.15) is 12.2 Å². The van der Waals surface area contributed by atoms with E-state index in [2.05, 4.69) is 0 Å². The number of rotatable bonds is 3. The molecule has 0 aromatic carbocycles. The van der Waals surface area contributed by atoms with Crippen LogP contribution in [0.3, 0.4) is 0 Å². The van der Waals surface area contributed by atoms with E-state index in [0.717, 1.165) is 6.42 Å². The quantitative estimate of drug-likeness (QED) is 0.724. The average molecular weight is 204 g/mol. The molecule has 0 bridgehead atoms.